The third-order valence-electron chi connectivity index (χ3n) is 4.87. The van der Waals surface area contributed by atoms with Gasteiger partial charge in [0, 0.05) is 28.0 Å². The number of aromatic nitrogens is 2. The molecule has 2 N–H and O–H groups in total. The Bertz CT molecular complexity index is 1250. The first-order valence-corrected chi connectivity index (χ1v) is 10.2. The summed E-state index contributed by atoms with van der Waals surface area (Å²) in [4.78, 5) is 4.47. The number of nitrogens with two attached hydrogens (primary N) is 1. The van der Waals surface area contributed by atoms with Crippen molar-refractivity contribution < 1.29 is 4.39 Å². The van der Waals surface area contributed by atoms with E-state index < -0.39 is 0 Å². The lowest BCUT2D eigenvalue weighted by atomic mass is 10.1. The van der Waals surface area contributed by atoms with E-state index in [-0.39, 0.29) is 6.67 Å². The minimum Gasteiger partial charge on any atom is -0.384 e. The minimum absolute atomic E-state index is 0.342. The molecule has 2 aromatic heterocycles. The maximum Gasteiger partial charge on any atom is 0.123 e. The van der Waals surface area contributed by atoms with E-state index >= 15 is 0 Å². The van der Waals surface area contributed by atoms with E-state index in [2.05, 4.69) is 39.6 Å². The first kappa shape index (κ1) is 20.0. The maximum atomic E-state index is 12.3. The molecule has 30 heavy (non-hydrogen) atoms. The van der Waals surface area contributed by atoms with Gasteiger partial charge in [-0.3, -0.25) is 4.39 Å². The molecule has 0 spiro atoms. The fourth-order valence-electron chi connectivity index (χ4n) is 3.46. The van der Waals surface area contributed by atoms with Gasteiger partial charge in [0.2, 0.25) is 0 Å². The molecule has 0 unspecified atom stereocenters. The van der Waals surface area contributed by atoms with Crippen molar-refractivity contribution in [2.45, 2.75) is 19.4 Å². The standard InChI is InChI=1S/C25H21ClFN3/c26-22-10-4-3-9-21(22)24-16-19-13-12-18(7-2-1-5-14-27)15-23(19)30(24)17-20-8-6-11-25(28)29-20/h3-4,6,8-13,15-16H,1,5,14,17H2,(H2,28,29). The fraction of sp³-hybridized carbons (Fsp3) is 0.160. The number of nitrogens with zero attached hydrogens (tertiary/aromatic N) is 2. The molecular formula is C25H21ClFN3. The molecule has 2 aromatic carbocycles. The minimum atomic E-state index is -0.342. The highest BCUT2D eigenvalue weighted by atomic mass is 35.5. The Kier molecular flexibility index (Phi) is 6.02. The van der Waals surface area contributed by atoms with Crippen molar-refractivity contribution in [3.05, 3.63) is 83.0 Å². The summed E-state index contributed by atoms with van der Waals surface area (Å²) in [6.45, 7) is 0.207. The Labute approximate surface area is 180 Å². The third kappa shape index (κ3) is 4.32. The van der Waals surface area contributed by atoms with Gasteiger partial charge in [-0.1, -0.05) is 53.8 Å². The average Bonchev–Trinajstić information content (AvgIpc) is 3.09. The van der Waals surface area contributed by atoms with Gasteiger partial charge in [0.05, 0.1) is 30.1 Å². The van der Waals surface area contributed by atoms with Crippen LogP contribution in [0.2, 0.25) is 5.02 Å². The van der Waals surface area contributed by atoms with Crippen LogP contribution in [0.3, 0.4) is 0 Å². The predicted molar refractivity (Wildman–Crippen MR) is 122 cm³/mol. The smallest absolute Gasteiger partial charge is 0.123 e. The topological polar surface area (TPSA) is 43.8 Å². The second-order valence-electron chi connectivity index (χ2n) is 7.02. The van der Waals surface area contributed by atoms with Gasteiger partial charge in [0.1, 0.15) is 5.82 Å². The van der Waals surface area contributed by atoms with Crippen molar-refractivity contribution in [1.29, 1.82) is 0 Å². The Balaban J connectivity index is 1.85. The van der Waals surface area contributed by atoms with Crippen LogP contribution in [0.25, 0.3) is 22.2 Å². The van der Waals surface area contributed by atoms with Gasteiger partial charge in [-0.15, -0.1) is 0 Å². The molecule has 4 aromatic rings. The van der Waals surface area contributed by atoms with Crippen LogP contribution in [0.4, 0.5) is 10.2 Å². The molecule has 0 saturated heterocycles. The van der Waals surface area contributed by atoms with Crippen LogP contribution in [-0.4, -0.2) is 16.2 Å². The number of alkyl halides is 1. The Morgan fingerprint density at radius 3 is 2.70 bits per heavy atom. The number of anilines is 1. The summed E-state index contributed by atoms with van der Waals surface area (Å²) in [7, 11) is 0. The maximum absolute atomic E-state index is 12.3. The second kappa shape index (κ2) is 9.02. The van der Waals surface area contributed by atoms with E-state index in [4.69, 9.17) is 17.3 Å². The lowest BCUT2D eigenvalue weighted by molar-refractivity contribution is 0.477. The van der Waals surface area contributed by atoms with Crippen LogP contribution in [-0.2, 0) is 6.54 Å². The molecule has 0 aliphatic carbocycles. The predicted octanol–water partition coefficient (Wildman–Crippen LogP) is 6.09. The SMILES string of the molecule is Nc1cccc(Cn2c(-c3ccccc3Cl)cc3ccc(C#CCCCF)cc32)n1. The highest BCUT2D eigenvalue weighted by Gasteiger charge is 2.14. The van der Waals surface area contributed by atoms with Gasteiger partial charge in [-0.05, 0) is 42.8 Å². The van der Waals surface area contributed by atoms with Gasteiger partial charge in [0.25, 0.3) is 0 Å². The lowest BCUT2D eigenvalue weighted by Gasteiger charge is -2.12. The number of benzene rings is 2. The zero-order valence-corrected chi connectivity index (χ0v) is 17.2. The van der Waals surface area contributed by atoms with E-state index in [0.717, 1.165) is 33.4 Å². The third-order valence-corrected chi connectivity index (χ3v) is 5.20. The summed E-state index contributed by atoms with van der Waals surface area (Å²) >= 11 is 6.51. The van der Waals surface area contributed by atoms with Crippen molar-refractivity contribution in [2.24, 2.45) is 0 Å². The highest BCUT2D eigenvalue weighted by Crippen LogP contribution is 2.33. The second-order valence-corrected chi connectivity index (χ2v) is 7.42. The summed E-state index contributed by atoms with van der Waals surface area (Å²) < 4.78 is 14.5. The first-order chi connectivity index (χ1) is 14.7. The summed E-state index contributed by atoms with van der Waals surface area (Å²) in [6.07, 6.45) is 1.01. The van der Waals surface area contributed by atoms with Crippen molar-refractivity contribution in [3.63, 3.8) is 0 Å². The van der Waals surface area contributed by atoms with Gasteiger partial charge in [-0.2, -0.15) is 0 Å². The molecule has 3 nitrogen and oxygen atoms in total. The van der Waals surface area contributed by atoms with E-state index in [0.29, 0.717) is 30.2 Å². The van der Waals surface area contributed by atoms with Crippen molar-refractivity contribution in [1.82, 2.24) is 9.55 Å². The van der Waals surface area contributed by atoms with Crippen LogP contribution >= 0.6 is 11.6 Å². The molecule has 0 saturated carbocycles. The molecule has 0 bridgehead atoms. The molecule has 0 atom stereocenters. The number of fused-ring (bicyclic) bond motifs is 1. The van der Waals surface area contributed by atoms with Gasteiger partial charge >= 0.3 is 0 Å². The first-order valence-electron chi connectivity index (χ1n) is 9.80. The largest absolute Gasteiger partial charge is 0.384 e. The molecule has 0 radical (unpaired) electrons. The Morgan fingerprint density at radius 2 is 1.90 bits per heavy atom. The zero-order chi connectivity index (χ0) is 20.9. The van der Waals surface area contributed by atoms with Crippen LogP contribution in [0.1, 0.15) is 24.1 Å². The van der Waals surface area contributed by atoms with E-state index in [1.165, 1.54) is 0 Å². The number of pyridine rings is 1. The zero-order valence-electron chi connectivity index (χ0n) is 16.4. The van der Waals surface area contributed by atoms with Crippen LogP contribution in [0.5, 0.6) is 0 Å². The van der Waals surface area contributed by atoms with Gasteiger partial charge < -0.3 is 10.3 Å². The number of hydrogen-bond acceptors (Lipinski definition) is 2. The lowest BCUT2D eigenvalue weighted by Crippen LogP contribution is -2.05. The fourth-order valence-corrected chi connectivity index (χ4v) is 3.70. The summed E-state index contributed by atoms with van der Waals surface area (Å²) in [5.74, 6) is 6.67. The van der Waals surface area contributed by atoms with Crippen molar-refractivity contribution in [3.8, 4) is 23.1 Å². The van der Waals surface area contributed by atoms with Crippen molar-refractivity contribution in [2.75, 3.05) is 12.4 Å². The molecule has 4 rings (SSSR count). The van der Waals surface area contributed by atoms with Crippen LogP contribution < -0.4 is 5.73 Å². The monoisotopic (exact) mass is 417 g/mol. The molecule has 0 aliphatic rings. The number of unbranched alkanes of at least 4 members (excludes halogenated alkanes) is 1. The molecule has 0 aliphatic heterocycles. The molecule has 150 valence electrons. The molecule has 5 heteroatoms. The quantitative estimate of drug-likeness (QED) is 0.315. The van der Waals surface area contributed by atoms with E-state index in [1.807, 2.05) is 42.5 Å². The number of halogens is 2. The Hall–Kier alpha value is -3.29. The Morgan fingerprint density at radius 1 is 1.03 bits per heavy atom. The van der Waals surface area contributed by atoms with Crippen molar-refractivity contribution >= 4 is 28.3 Å². The van der Waals surface area contributed by atoms with Crippen LogP contribution in [0, 0.1) is 11.8 Å². The van der Waals surface area contributed by atoms with E-state index in [9.17, 15) is 4.39 Å². The molecular weight excluding hydrogens is 397 g/mol. The number of rotatable bonds is 5. The summed E-state index contributed by atoms with van der Waals surface area (Å²) in [5, 5.41) is 1.77. The highest BCUT2D eigenvalue weighted by molar-refractivity contribution is 6.33. The molecule has 0 amide bonds. The number of hydrogen-bond donors (Lipinski definition) is 1. The summed E-state index contributed by atoms with van der Waals surface area (Å²) in [5.41, 5.74) is 10.6. The number of nitrogen functional groups attached to an aromatic ring is 1. The van der Waals surface area contributed by atoms with E-state index in [1.54, 1.807) is 6.07 Å². The normalized spacial score (nSPS) is 10.7. The molecule has 0 fully saturated rings. The summed E-state index contributed by atoms with van der Waals surface area (Å²) in [6, 6.07) is 21.7. The molecule has 2 heterocycles. The average molecular weight is 418 g/mol. The van der Waals surface area contributed by atoms with Gasteiger partial charge in [0.15, 0.2) is 0 Å². The van der Waals surface area contributed by atoms with Crippen LogP contribution in [0.15, 0.2) is 66.7 Å². The van der Waals surface area contributed by atoms with Gasteiger partial charge in [-0.25, -0.2) is 4.98 Å².